The van der Waals surface area contributed by atoms with E-state index in [-0.39, 0.29) is 18.4 Å². The first-order chi connectivity index (χ1) is 14.6. The highest BCUT2D eigenvalue weighted by Crippen LogP contribution is 2.16. The van der Waals surface area contributed by atoms with Crippen LogP contribution in [-0.2, 0) is 19.6 Å². The zero-order valence-corrected chi connectivity index (χ0v) is 18.6. The summed E-state index contributed by atoms with van der Waals surface area (Å²) < 4.78 is 11.0. The Kier molecular flexibility index (Phi) is 10.3. The average Bonchev–Trinajstić information content (AvgIpc) is 2.79. The molecule has 0 saturated carbocycles. The maximum Gasteiger partial charge on any atom is 0.119 e. The van der Waals surface area contributed by atoms with Crippen LogP contribution in [-0.4, -0.2) is 30.9 Å². The van der Waals surface area contributed by atoms with Gasteiger partial charge in [-0.2, -0.15) is 0 Å². The fraction of sp³-hybridized carbons (Fsp3) is 0.280. The molecule has 0 spiro atoms. The van der Waals surface area contributed by atoms with E-state index in [0.29, 0.717) is 26.1 Å². The second-order valence-electron chi connectivity index (χ2n) is 7.34. The van der Waals surface area contributed by atoms with Crippen molar-refractivity contribution in [1.29, 1.82) is 0 Å². The van der Waals surface area contributed by atoms with Gasteiger partial charge in [0.05, 0.1) is 13.2 Å². The lowest BCUT2D eigenvalue weighted by Gasteiger charge is -2.20. The Balaban J connectivity index is 0.00000341. The van der Waals surface area contributed by atoms with Gasteiger partial charge in [0.1, 0.15) is 18.1 Å². The highest BCUT2D eigenvalue weighted by molar-refractivity contribution is 5.85. The summed E-state index contributed by atoms with van der Waals surface area (Å²) in [5, 5.41) is 13.6. The molecule has 3 rings (SSSR count). The topological polar surface area (TPSA) is 76.7 Å². The first kappa shape index (κ1) is 24.7. The second-order valence-corrected chi connectivity index (χ2v) is 7.34. The van der Waals surface area contributed by atoms with Crippen molar-refractivity contribution < 1.29 is 14.6 Å². The normalized spacial score (nSPS) is 12.5. The van der Waals surface area contributed by atoms with Crippen LogP contribution >= 0.6 is 12.4 Å². The van der Waals surface area contributed by atoms with Gasteiger partial charge in [-0.15, -0.1) is 12.4 Å². The van der Waals surface area contributed by atoms with Gasteiger partial charge in [0, 0.05) is 19.1 Å². The third-order valence-corrected chi connectivity index (χ3v) is 4.95. The summed E-state index contributed by atoms with van der Waals surface area (Å²) in [5.41, 5.74) is 9.51. The summed E-state index contributed by atoms with van der Waals surface area (Å²) in [7, 11) is 1.65. The molecule has 0 amide bonds. The molecule has 4 N–H and O–H groups in total. The number of benzene rings is 3. The Bertz CT molecular complexity index is 891. The van der Waals surface area contributed by atoms with Crippen LogP contribution < -0.4 is 20.5 Å². The highest BCUT2D eigenvalue weighted by atomic mass is 35.5. The number of ether oxygens (including phenoxy) is 2. The zero-order chi connectivity index (χ0) is 21.2. The third-order valence-electron chi connectivity index (χ3n) is 4.95. The number of hydrogen-bond acceptors (Lipinski definition) is 5. The van der Waals surface area contributed by atoms with E-state index in [4.69, 9.17) is 15.2 Å². The number of aliphatic hydroxyl groups is 1. The molecule has 0 radical (unpaired) electrons. The lowest BCUT2D eigenvalue weighted by Crippen LogP contribution is -2.42. The molecule has 0 saturated heterocycles. The van der Waals surface area contributed by atoms with Crippen LogP contribution in [0.1, 0.15) is 16.7 Å². The molecule has 5 nitrogen and oxygen atoms in total. The zero-order valence-electron chi connectivity index (χ0n) is 17.7. The number of aliphatic hydroxyl groups excluding tert-OH is 1. The molecule has 0 bridgehead atoms. The van der Waals surface area contributed by atoms with E-state index in [1.54, 1.807) is 7.11 Å². The summed E-state index contributed by atoms with van der Waals surface area (Å²) in [5.74, 6) is 1.64. The number of rotatable bonds is 11. The lowest BCUT2D eigenvalue weighted by molar-refractivity contribution is 0.141. The van der Waals surface area contributed by atoms with Gasteiger partial charge >= 0.3 is 0 Å². The predicted molar refractivity (Wildman–Crippen MR) is 127 cm³/mol. The number of hydrogen-bond donors (Lipinski definition) is 3. The van der Waals surface area contributed by atoms with Gasteiger partial charge in [0.25, 0.3) is 0 Å². The van der Waals surface area contributed by atoms with E-state index >= 15 is 0 Å². The summed E-state index contributed by atoms with van der Waals surface area (Å²) in [4.78, 5) is 0. The Morgan fingerprint density at radius 2 is 1.58 bits per heavy atom. The standard InChI is InChI=1S/C25H30N2O3.ClH/c1-29-23-9-5-8-21(14-23)16-27-17-25(28)24(26)15-19-10-12-22(13-11-19)30-18-20-6-3-2-4-7-20;/h2-14,24-25,27-28H,15-18,26H2,1H3;1H/t24-,25+;/m0./s1. The molecule has 6 heteroatoms. The maximum absolute atomic E-state index is 10.4. The Labute approximate surface area is 190 Å². The van der Waals surface area contributed by atoms with Crippen molar-refractivity contribution in [2.75, 3.05) is 13.7 Å². The average molecular weight is 443 g/mol. The largest absolute Gasteiger partial charge is 0.497 e. The number of nitrogens with two attached hydrogens (primary N) is 1. The molecule has 0 aliphatic carbocycles. The minimum Gasteiger partial charge on any atom is -0.497 e. The minimum atomic E-state index is -0.635. The molecule has 31 heavy (non-hydrogen) atoms. The first-order valence-electron chi connectivity index (χ1n) is 10.2. The summed E-state index contributed by atoms with van der Waals surface area (Å²) in [6.45, 7) is 1.61. The molecule has 0 heterocycles. The van der Waals surface area contributed by atoms with Crippen LogP contribution in [0.5, 0.6) is 11.5 Å². The van der Waals surface area contributed by atoms with Gasteiger partial charge in [0.15, 0.2) is 0 Å². The van der Waals surface area contributed by atoms with Crippen molar-refractivity contribution in [1.82, 2.24) is 5.32 Å². The van der Waals surface area contributed by atoms with Crippen molar-refractivity contribution in [3.63, 3.8) is 0 Å². The maximum atomic E-state index is 10.4. The van der Waals surface area contributed by atoms with E-state index in [1.807, 2.05) is 78.9 Å². The molecule has 3 aromatic carbocycles. The number of methoxy groups -OCH3 is 1. The third kappa shape index (κ3) is 8.23. The SMILES string of the molecule is COc1cccc(CNC[C@@H](O)[C@@H](N)Cc2ccc(OCc3ccccc3)cc2)c1.Cl. The second kappa shape index (κ2) is 13.0. The fourth-order valence-electron chi connectivity index (χ4n) is 3.17. The van der Waals surface area contributed by atoms with Crippen LogP contribution in [0.3, 0.4) is 0 Å². The van der Waals surface area contributed by atoms with Crippen LogP contribution in [0.15, 0.2) is 78.9 Å². The molecular weight excluding hydrogens is 412 g/mol. The van der Waals surface area contributed by atoms with Gasteiger partial charge in [-0.1, -0.05) is 54.6 Å². The molecule has 0 aliphatic rings. The first-order valence-corrected chi connectivity index (χ1v) is 10.2. The van der Waals surface area contributed by atoms with Crippen molar-refractivity contribution >= 4 is 12.4 Å². The van der Waals surface area contributed by atoms with Gasteiger partial charge in [0.2, 0.25) is 0 Å². The van der Waals surface area contributed by atoms with Crippen LogP contribution in [0.2, 0.25) is 0 Å². The molecule has 0 aromatic heterocycles. The van der Waals surface area contributed by atoms with E-state index < -0.39 is 6.10 Å². The number of nitrogens with one attached hydrogen (secondary N) is 1. The van der Waals surface area contributed by atoms with Crippen LogP contribution in [0, 0.1) is 0 Å². The molecule has 2 atom stereocenters. The quantitative estimate of drug-likeness (QED) is 0.422. The van der Waals surface area contributed by atoms with Gasteiger partial charge < -0.3 is 25.6 Å². The highest BCUT2D eigenvalue weighted by Gasteiger charge is 2.15. The van der Waals surface area contributed by atoms with E-state index in [0.717, 1.165) is 28.2 Å². The van der Waals surface area contributed by atoms with E-state index in [1.165, 1.54) is 0 Å². The summed E-state index contributed by atoms with van der Waals surface area (Å²) in [6.07, 6.45) is -0.0364. The molecular formula is C25H31ClN2O3. The molecule has 0 aliphatic heterocycles. The minimum absolute atomic E-state index is 0. The van der Waals surface area contributed by atoms with Gasteiger partial charge in [-0.3, -0.25) is 0 Å². The van der Waals surface area contributed by atoms with Crippen molar-refractivity contribution in [3.05, 3.63) is 95.6 Å². The van der Waals surface area contributed by atoms with Gasteiger partial charge in [-0.05, 0) is 47.4 Å². The molecule has 3 aromatic rings. The van der Waals surface area contributed by atoms with Crippen LogP contribution in [0.4, 0.5) is 0 Å². The Morgan fingerprint density at radius 1 is 0.871 bits per heavy atom. The van der Waals surface area contributed by atoms with Crippen molar-refractivity contribution in [2.24, 2.45) is 5.73 Å². The fourth-order valence-corrected chi connectivity index (χ4v) is 3.17. The summed E-state index contributed by atoms with van der Waals surface area (Å²) in [6, 6.07) is 25.4. The molecule has 0 unspecified atom stereocenters. The van der Waals surface area contributed by atoms with E-state index in [2.05, 4.69) is 5.32 Å². The van der Waals surface area contributed by atoms with Crippen molar-refractivity contribution in [3.8, 4) is 11.5 Å². The smallest absolute Gasteiger partial charge is 0.119 e. The number of halogens is 1. The van der Waals surface area contributed by atoms with E-state index in [9.17, 15) is 5.11 Å². The lowest BCUT2D eigenvalue weighted by atomic mass is 10.0. The van der Waals surface area contributed by atoms with Crippen molar-refractivity contribution in [2.45, 2.75) is 31.7 Å². The Morgan fingerprint density at radius 3 is 2.29 bits per heavy atom. The Hall–Kier alpha value is -2.57. The predicted octanol–water partition coefficient (Wildman–Crippen LogP) is 3.72. The molecule has 166 valence electrons. The van der Waals surface area contributed by atoms with Gasteiger partial charge in [-0.25, -0.2) is 0 Å². The van der Waals surface area contributed by atoms with Crippen LogP contribution in [0.25, 0.3) is 0 Å². The summed E-state index contributed by atoms with van der Waals surface area (Å²) >= 11 is 0. The molecule has 0 fully saturated rings. The monoisotopic (exact) mass is 442 g/mol.